The highest BCUT2D eigenvalue weighted by atomic mass is 16.4. The van der Waals surface area contributed by atoms with Crippen molar-refractivity contribution in [1.29, 1.82) is 0 Å². The van der Waals surface area contributed by atoms with Crippen molar-refractivity contribution in [2.75, 3.05) is 0 Å². The Bertz CT molecular complexity index is 911. The maximum absolute atomic E-state index is 12.5. The molecular formula is C29H47NO8. The summed E-state index contributed by atoms with van der Waals surface area (Å²) >= 11 is 0. The summed E-state index contributed by atoms with van der Waals surface area (Å²) in [6, 6.07) is -1.21. The van der Waals surface area contributed by atoms with Crippen LogP contribution >= 0.6 is 0 Å². The number of carboxylic acids is 2. The lowest BCUT2D eigenvalue weighted by Gasteiger charge is -2.63. The molecule has 4 rings (SSSR count). The number of aliphatic hydroxyl groups excluding tert-OH is 3. The van der Waals surface area contributed by atoms with Crippen LogP contribution in [0.2, 0.25) is 0 Å². The Hall–Kier alpha value is -1.71. The number of hydrogen-bond donors (Lipinski definition) is 6. The molecule has 9 nitrogen and oxygen atoms in total. The second-order valence-electron chi connectivity index (χ2n) is 13.4. The van der Waals surface area contributed by atoms with E-state index in [4.69, 9.17) is 5.11 Å². The zero-order valence-corrected chi connectivity index (χ0v) is 23.0. The Morgan fingerprint density at radius 2 is 1.50 bits per heavy atom. The van der Waals surface area contributed by atoms with Gasteiger partial charge in [0.25, 0.3) is 0 Å². The van der Waals surface area contributed by atoms with Gasteiger partial charge in [-0.2, -0.15) is 0 Å². The van der Waals surface area contributed by atoms with Gasteiger partial charge < -0.3 is 30.8 Å². The van der Waals surface area contributed by atoms with E-state index in [9.17, 15) is 34.8 Å². The van der Waals surface area contributed by atoms with Crippen LogP contribution in [0.15, 0.2) is 0 Å². The van der Waals surface area contributed by atoms with Crippen LogP contribution in [0.25, 0.3) is 0 Å². The number of amides is 1. The van der Waals surface area contributed by atoms with Gasteiger partial charge in [0.1, 0.15) is 6.04 Å². The van der Waals surface area contributed by atoms with Crippen LogP contribution in [-0.2, 0) is 14.4 Å². The van der Waals surface area contributed by atoms with Crippen LogP contribution in [-0.4, -0.2) is 67.7 Å². The SMILES string of the molecule is C[C@H](CCC(=O)N[C@@H](CCC(=O)O)C(=O)O)[C@H]1CC[C@H]2[C@@H]3[C@@H](O)[C@@H](O)[C@@H]4C[C@H](O)CC[C@]4(C)[C@H]3CC[C@]12C. The number of carbonyl (C=O) groups is 3. The number of rotatable bonds is 9. The minimum absolute atomic E-state index is 0.000222. The first kappa shape index (κ1) is 29.3. The molecule has 12 atom stereocenters. The van der Waals surface area contributed by atoms with Crippen LogP contribution in [0.4, 0.5) is 0 Å². The molecule has 0 aliphatic heterocycles. The molecule has 4 saturated carbocycles. The van der Waals surface area contributed by atoms with E-state index in [-0.39, 0.29) is 53.8 Å². The van der Waals surface area contributed by atoms with E-state index in [0.29, 0.717) is 30.6 Å². The Kier molecular flexibility index (Phi) is 8.51. The second-order valence-corrected chi connectivity index (χ2v) is 13.4. The fraction of sp³-hybridized carbons (Fsp3) is 0.897. The van der Waals surface area contributed by atoms with Gasteiger partial charge in [0, 0.05) is 12.8 Å². The minimum atomic E-state index is -1.23. The van der Waals surface area contributed by atoms with E-state index in [2.05, 4.69) is 26.1 Å². The van der Waals surface area contributed by atoms with Crippen molar-refractivity contribution in [3.63, 3.8) is 0 Å². The number of nitrogens with one attached hydrogen (secondary N) is 1. The lowest BCUT2D eigenvalue weighted by Crippen LogP contribution is -2.64. The number of hydrogen-bond acceptors (Lipinski definition) is 6. The van der Waals surface area contributed by atoms with Crippen LogP contribution in [0.5, 0.6) is 0 Å². The Morgan fingerprint density at radius 1 is 0.842 bits per heavy atom. The van der Waals surface area contributed by atoms with E-state index in [0.717, 1.165) is 38.5 Å². The van der Waals surface area contributed by atoms with Gasteiger partial charge in [0.15, 0.2) is 0 Å². The molecule has 0 bridgehead atoms. The van der Waals surface area contributed by atoms with Gasteiger partial charge in [-0.05, 0) is 104 Å². The van der Waals surface area contributed by atoms with E-state index < -0.39 is 36.3 Å². The van der Waals surface area contributed by atoms with Gasteiger partial charge in [-0.1, -0.05) is 20.8 Å². The molecule has 4 fully saturated rings. The zero-order valence-electron chi connectivity index (χ0n) is 23.0. The normalized spacial score (nSPS) is 43.7. The summed E-state index contributed by atoms with van der Waals surface area (Å²) in [5, 5.41) is 53.6. The maximum Gasteiger partial charge on any atom is 0.326 e. The molecule has 4 aliphatic rings. The predicted molar refractivity (Wildman–Crippen MR) is 139 cm³/mol. The molecule has 1 amide bonds. The first-order valence-corrected chi connectivity index (χ1v) is 14.6. The Labute approximate surface area is 225 Å². The number of carbonyl (C=O) groups excluding carboxylic acids is 1. The van der Waals surface area contributed by atoms with Gasteiger partial charge in [0.05, 0.1) is 18.3 Å². The first-order chi connectivity index (χ1) is 17.8. The summed E-state index contributed by atoms with van der Waals surface area (Å²) < 4.78 is 0. The first-order valence-electron chi connectivity index (χ1n) is 14.6. The molecule has 0 aromatic heterocycles. The highest BCUT2D eigenvalue weighted by Gasteiger charge is 2.65. The molecule has 0 unspecified atom stereocenters. The average Bonchev–Trinajstić information content (AvgIpc) is 3.21. The molecule has 0 aromatic rings. The third-order valence-electron chi connectivity index (χ3n) is 11.6. The summed E-state index contributed by atoms with van der Waals surface area (Å²) in [6.07, 6.45) is 4.55. The second kappa shape index (κ2) is 11.0. The summed E-state index contributed by atoms with van der Waals surface area (Å²) in [6.45, 7) is 6.75. The van der Waals surface area contributed by atoms with Crippen LogP contribution in [0.1, 0.15) is 91.4 Å². The molecular weight excluding hydrogens is 490 g/mol. The summed E-state index contributed by atoms with van der Waals surface area (Å²) in [7, 11) is 0. The van der Waals surface area contributed by atoms with Crippen molar-refractivity contribution in [3.8, 4) is 0 Å². The fourth-order valence-corrected chi connectivity index (χ4v) is 9.57. The average molecular weight is 538 g/mol. The van der Waals surface area contributed by atoms with Crippen molar-refractivity contribution in [2.24, 2.45) is 46.3 Å². The van der Waals surface area contributed by atoms with Gasteiger partial charge in [-0.25, -0.2) is 4.79 Å². The van der Waals surface area contributed by atoms with Crippen molar-refractivity contribution >= 4 is 17.8 Å². The summed E-state index contributed by atoms with van der Waals surface area (Å²) in [4.78, 5) is 34.8. The van der Waals surface area contributed by atoms with E-state index in [1.165, 1.54) is 0 Å². The van der Waals surface area contributed by atoms with E-state index in [1.807, 2.05) is 0 Å². The smallest absolute Gasteiger partial charge is 0.326 e. The van der Waals surface area contributed by atoms with E-state index in [1.54, 1.807) is 0 Å². The van der Waals surface area contributed by atoms with Crippen LogP contribution < -0.4 is 5.32 Å². The molecule has 0 radical (unpaired) electrons. The molecule has 0 spiro atoms. The van der Waals surface area contributed by atoms with Crippen molar-refractivity contribution in [3.05, 3.63) is 0 Å². The monoisotopic (exact) mass is 537 g/mol. The third kappa shape index (κ3) is 5.22. The summed E-state index contributed by atoms with van der Waals surface area (Å²) in [5.74, 6) is -1.52. The highest BCUT2D eigenvalue weighted by molar-refractivity contribution is 5.83. The van der Waals surface area contributed by atoms with Gasteiger partial charge in [-0.15, -0.1) is 0 Å². The number of fused-ring (bicyclic) bond motifs is 5. The lowest BCUT2D eigenvalue weighted by atomic mass is 9.43. The Morgan fingerprint density at radius 3 is 2.16 bits per heavy atom. The Balaban J connectivity index is 1.41. The number of aliphatic carboxylic acids is 2. The quantitative estimate of drug-likeness (QED) is 0.261. The molecule has 0 saturated heterocycles. The predicted octanol–water partition coefficient (Wildman–Crippen LogP) is 2.80. The highest BCUT2D eigenvalue weighted by Crippen LogP contribution is 2.68. The van der Waals surface area contributed by atoms with Crippen molar-refractivity contribution in [2.45, 2.75) is 116 Å². The van der Waals surface area contributed by atoms with E-state index >= 15 is 0 Å². The van der Waals surface area contributed by atoms with Gasteiger partial charge >= 0.3 is 11.9 Å². The van der Waals surface area contributed by atoms with Crippen molar-refractivity contribution < 1.29 is 39.9 Å². The lowest BCUT2D eigenvalue weighted by molar-refractivity contribution is -0.223. The standard InChI is InChI=1S/C29H47NO8/c1-15(4-8-22(32)30-21(27(37)38)7-9-23(33)34)17-5-6-18-24-19(11-13-28(17,18)2)29(3)12-10-16(31)14-20(29)25(35)26(24)36/h15-21,24-26,31,35-36H,4-14H2,1-3H3,(H,30,32)(H,33,34)(H,37,38)/t15-,16-,17-,18+,19+,20+,21+,24+,25+,26-,28-,29-/m1/s1. The van der Waals surface area contributed by atoms with Gasteiger partial charge in [0.2, 0.25) is 5.91 Å². The van der Waals surface area contributed by atoms with Crippen LogP contribution in [0, 0.1) is 46.3 Å². The molecule has 6 N–H and O–H groups in total. The summed E-state index contributed by atoms with van der Waals surface area (Å²) in [5.41, 5.74) is -0.0762. The largest absolute Gasteiger partial charge is 0.481 e. The molecule has 9 heteroatoms. The third-order valence-corrected chi connectivity index (χ3v) is 11.6. The maximum atomic E-state index is 12.5. The number of carboxylic acid groups (broad SMARTS) is 2. The zero-order chi connectivity index (χ0) is 28.0. The molecule has 38 heavy (non-hydrogen) atoms. The number of aliphatic hydroxyl groups is 3. The fourth-order valence-electron chi connectivity index (χ4n) is 9.57. The minimum Gasteiger partial charge on any atom is -0.481 e. The van der Waals surface area contributed by atoms with Crippen molar-refractivity contribution in [1.82, 2.24) is 5.32 Å². The topological polar surface area (TPSA) is 164 Å². The molecule has 216 valence electrons. The molecule has 4 aliphatic carbocycles. The molecule has 0 aromatic carbocycles. The van der Waals surface area contributed by atoms with Crippen LogP contribution in [0.3, 0.4) is 0 Å². The molecule has 0 heterocycles. The van der Waals surface area contributed by atoms with Gasteiger partial charge in [-0.3, -0.25) is 9.59 Å².